The minimum Gasteiger partial charge on any atom is -0.483 e. The Morgan fingerprint density at radius 2 is 1.78 bits per heavy atom. The van der Waals surface area contributed by atoms with Gasteiger partial charge in [-0.3, -0.25) is 4.68 Å². The van der Waals surface area contributed by atoms with Crippen molar-refractivity contribution < 1.29 is 23.7 Å². The molecule has 0 fully saturated rings. The van der Waals surface area contributed by atoms with Crippen LogP contribution in [0.5, 0.6) is 5.75 Å². The van der Waals surface area contributed by atoms with E-state index in [9.17, 15) is 8.78 Å². The molecule has 0 atom stereocenters. The van der Waals surface area contributed by atoms with Gasteiger partial charge in [-0.2, -0.15) is 5.10 Å². The molecule has 0 aliphatic heterocycles. The number of aryl methyl sites for hydroxylation is 2. The lowest BCUT2D eigenvalue weighted by molar-refractivity contribution is -0.0447. The molecule has 0 aliphatic carbocycles. The smallest absolute Gasteiger partial charge is 0.191 e. The number of nitrogens with zero attached hydrogens (tertiary/aromatic N) is 2. The normalized spacial score (nSPS) is 11.2. The first-order valence-electron chi connectivity index (χ1n) is 8.49. The molecule has 0 bridgehead atoms. The second kappa shape index (κ2) is 8.28. The van der Waals surface area contributed by atoms with Gasteiger partial charge in [0.15, 0.2) is 23.7 Å². The molecule has 7 heteroatoms. The van der Waals surface area contributed by atoms with E-state index < -0.39 is 23.7 Å². The predicted octanol–water partition coefficient (Wildman–Crippen LogP) is 3.19. The molecular formula is C20H20F2N2O3. The third-order valence-electron chi connectivity index (χ3n) is 4.18. The molecule has 0 aliphatic rings. The van der Waals surface area contributed by atoms with Gasteiger partial charge in [-0.25, -0.2) is 8.78 Å². The first kappa shape index (κ1) is 19.0. The number of halogens is 2. The second-order valence-electron chi connectivity index (χ2n) is 6.20. The lowest BCUT2D eigenvalue weighted by Gasteiger charge is -2.11. The van der Waals surface area contributed by atoms with E-state index in [1.807, 2.05) is 30.3 Å². The van der Waals surface area contributed by atoms with Gasteiger partial charge in [0.05, 0.1) is 11.9 Å². The minimum absolute atomic E-state index is 0.00476. The van der Waals surface area contributed by atoms with E-state index in [0.717, 1.165) is 23.4 Å². The van der Waals surface area contributed by atoms with E-state index in [0.29, 0.717) is 11.1 Å². The number of ether oxygens (including phenoxy) is 1. The quantitative estimate of drug-likeness (QED) is 0.624. The molecule has 2 aromatic carbocycles. The Morgan fingerprint density at radius 3 is 2.41 bits per heavy atom. The number of aromatic nitrogens is 2. The Bertz CT molecular complexity index is 888. The van der Waals surface area contributed by atoms with Crippen molar-refractivity contribution in [2.45, 2.75) is 25.7 Å². The maximum Gasteiger partial charge on any atom is 0.191 e. The molecule has 0 saturated heterocycles. The van der Waals surface area contributed by atoms with Crippen LogP contribution in [0, 0.1) is 11.6 Å². The summed E-state index contributed by atoms with van der Waals surface area (Å²) in [6.07, 6.45) is 0.228. The van der Waals surface area contributed by atoms with Gasteiger partial charge >= 0.3 is 0 Å². The zero-order valence-electron chi connectivity index (χ0n) is 14.8. The molecule has 3 rings (SSSR count). The summed E-state index contributed by atoms with van der Waals surface area (Å²) in [6, 6.07) is 11.8. The van der Waals surface area contributed by atoms with E-state index in [1.165, 1.54) is 0 Å². The maximum atomic E-state index is 14.3. The summed E-state index contributed by atoms with van der Waals surface area (Å²) in [6.45, 7) is -0.0411. The van der Waals surface area contributed by atoms with Gasteiger partial charge in [0.25, 0.3) is 0 Å². The zero-order chi connectivity index (χ0) is 19.4. The van der Waals surface area contributed by atoms with Crippen LogP contribution in [-0.4, -0.2) is 26.3 Å². The second-order valence-corrected chi connectivity index (χ2v) is 6.20. The van der Waals surface area contributed by atoms with E-state index in [4.69, 9.17) is 14.9 Å². The largest absolute Gasteiger partial charge is 0.483 e. The Morgan fingerprint density at radius 1 is 1.11 bits per heavy atom. The summed E-state index contributed by atoms with van der Waals surface area (Å²) < 4.78 is 35.6. The first-order chi connectivity index (χ1) is 13.0. The van der Waals surface area contributed by atoms with E-state index in [2.05, 4.69) is 5.10 Å². The summed E-state index contributed by atoms with van der Waals surface area (Å²) in [5.41, 5.74) is 2.77. The van der Waals surface area contributed by atoms with Gasteiger partial charge in [-0.05, 0) is 24.1 Å². The molecule has 1 aromatic heterocycles. The Kier molecular flexibility index (Phi) is 5.83. The molecule has 27 heavy (non-hydrogen) atoms. The number of hydrogen-bond donors (Lipinski definition) is 2. The summed E-state index contributed by atoms with van der Waals surface area (Å²) in [4.78, 5) is 0. The highest BCUT2D eigenvalue weighted by Gasteiger charge is 2.16. The topological polar surface area (TPSA) is 67.5 Å². The van der Waals surface area contributed by atoms with Crippen molar-refractivity contribution in [1.82, 2.24) is 9.78 Å². The fraction of sp³-hybridized carbons (Fsp3) is 0.250. The lowest BCUT2D eigenvalue weighted by atomic mass is 10.1. The van der Waals surface area contributed by atoms with Crippen LogP contribution in [0.25, 0.3) is 11.3 Å². The molecule has 3 aromatic rings. The van der Waals surface area contributed by atoms with Crippen LogP contribution >= 0.6 is 0 Å². The number of aliphatic hydroxyl groups is 2. The summed E-state index contributed by atoms with van der Waals surface area (Å²) >= 11 is 0. The zero-order valence-corrected chi connectivity index (χ0v) is 14.8. The van der Waals surface area contributed by atoms with Crippen LogP contribution in [-0.2, 0) is 20.1 Å². The highest BCUT2D eigenvalue weighted by Crippen LogP contribution is 2.28. The van der Waals surface area contributed by atoms with Gasteiger partial charge in [-0.1, -0.05) is 30.3 Å². The third-order valence-corrected chi connectivity index (χ3v) is 4.18. The van der Waals surface area contributed by atoms with Gasteiger partial charge in [0.1, 0.15) is 6.61 Å². The molecule has 5 nitrogen and oxygen atoms in total. The van der Waals surface area contributed by atoms with Gasteiger partial charge in [0.2, 0.25) is 0 Å². The molecule has 0 spiro atoms. The molecule has 142 valence electrons. The molecule has 0 unspecified atom stereocenters. The summed E-state index contributed by atoms with van der Waals surface area (Å²) in [5, 5.41) is 22.0. The highest BCUT2D eigenvalue weighted by molar-refractivity contribution is 5.63. The number of hydrogen-bond acceptors (Lipinski definition) is 4. The molecule has 0 radical (unpaired) electrons. The van der Waals surface area contributed by atoms with Crippen LogP contribution in [0.2, 0.25) is 0 Å². The lowest BCUT2D eigenvalue weighted by Crippen LogP contribution is -2.07. The van der Waals surface area contributed by atoms with E-state index in [-0.39, 0.29) is 19.4 Å². The first-order valence-corrected chi connectivity index (χ1v) is 8.49. The van der Waals surface area contributed by atoms with Crippen molar-refractivity contribution in [2.75, 3.05) is 0 Å². The van der Waals surface area contributed by atoms with Gasteiger partial charge in [-0.15, -0.1) is 0 Å². The van der Waals surface area contributed by atoms with Crippen LogP contribution < -0.4 is 4.74 Å². The fourth-order valence-electron chi connectivity index (χ4n) is 2.90. The van der Waals surface area contributed by atoms with Crippen LogP contribution in [0.3, 0.4) is 0 Å². The Hall–Kier alpha value is -2.77. The highest BCUT2D eigenvalue weighted by atomic mass is 19.1. The molecule has 0 amide bonds. The van der Waals surface area contributed by atoms with Crippen molar-refractivity contribution in [3.05, 3.63) is 71.4 Å². The molecule has 0 saturated carbocycles. The SMILES string of the molecule is Cn1ncc(COc2c(F)cc(CCC(O)O)cc2F)c1-c1ccccc1. The van der Waals surface area contributed by atoms with Crippen LogP contribution in [0.15, 0.2) is 48.7 Å². The minimum atomic E-state index is -1.52. The van der Waals surface area contributed by atoms with Gasteiger partial charge < -0.3 is 14.9 Å². The van der Waals surface area contributed by atoms with E-state index >= 15 is 0 Å². The van der Waals surface area contributed by atoms with Crippen molar-refractivity contribution in [3.8, 4) is 17.0 Å². The predicted molar refractivity (Wildman–Crippen MR) is 95.9 cm³/mol. The van der Waals surface area contributed by atoms with Crippen LogP contribution in [0.1, 0.15) is 17.5 Å². The standard InChI is InChI=1S/C20H20F2N2O3/c1-24-19(14-5-3-2-4-6-14)15(11-23-24)12-27-20-16(21)9-13(10-17(20)22)7-8-18(25)26/h2-6,9-11,18,25-26H,7-8,12H2,1H3. The average molecular weight is 374 g/mol. The Labute approximate surface area is 155 Å². The Balaban J connectivity index is 1.78. The van der Waals surface area contributed by atoms with Crippen molar-refractivity contribution in [2.24, 2.45) is 7.05 Å². The average Bonchev–Trinajstić information content (AvgIpc) is 3.00. The molecular weight excluding hydrogens is 354 g/mol. The molecule has 2 N–H and O–H groups in total. The third kappa shape index (κ3) is 4.50. The van der Waals surface area contributed by atoms with Crippen molar-refractivity contribution in [3.63, 3.8) is 0 Å². The number of benzene rings is 2. The number of aliphatic hydroxyl groups excluding tert-OH is 1. The van der Waals surface area contributed by atoms with Crippen molar-refractivity contribution >= 4 is 0 Å². The van der Waals surface area contributed by atoms with E-state index in [1.54, 1.807) is 17.9 Å². The monoisotopic (exact) mass is 374 g/mol. The van der Waals surface area contributed by atoms with Crippen LogP contribution in [0.4, 0.5) is 8.78 Å². The molecule has 1 heterocycles. The van der Waals surface area contributed by atoms with Gasteiger partial charge in [0, 0.05) is 24.6 Å². The van der Waals surface area contributed by atoms with Crippen molar-refractivity contribution in [1.29, 1.82) is 0 Å². The number of rotatable bonds is 7. The maximum absolute atomic E-state index is 14.3. The summed E-state index contributed by atoms with van der Waals surface area (Å²) in [7, 11) is 1.79. The fourth-order valence-corrected chi connectivity index (χ4v) is 2.90. The summed E-state index contributed by atoms with van der Waals surface area (Å²) in [5.74, 6) is -2.13.